The first-order chi connectivity index (χ1) is 8.90. The first-order valence-corrected chi connectivity index (χ1v) is 6.21. The molecule has 6 nitrogen and oxygen atoms in total. The third kappa shape index (κ3) is 3.79. The summed E-state index contributed by atoms with van der Waals surface area (Å²) in [5.74, 6) is -0.614. The lowest BCUT2D eigenvalue weighted by atomic mass is 10.1. The number of nitro benzene ring substituents is 1. The van der Waals surface area contributed by atoms with Crippen LogP contribution in [0, 0.1) is 10.1 Å². The van der Waals surface area contributed by atoms with Crippen molar-refractivity contribution in [1.82, 2.24) is 5.32 Å². The Kier molecular flexibility index (Phi) is 5.53. The molecule has 0 aliphatic heterocycles. The van der Waals surface area contributed by atoms with Crippen LogP contribution < -0.4 is 5.32 Å². The van der Waals surface area contributed by atoms with E-state index < -0.39 is 16.9 Å². The zero-order chi connectivity index (χ0) is 14.6. The standard InChI is InChI=1S/C11H12Cl2N2O4/c1-2-6(5-16)14-11(17)8-3-7(15(18)19)4-9(12)10(8)13/h3-4,6,16H,2,5H2,1H3,(H,14,17)/t6-/m0/s1. The monoisotopic (exact) mass is 306 g/mol. The van der Waals surface area contributed by atoms with Gasteiger partial charge in [0.25, 0.3) is 11.6 Å². The zero-order valence-electron chi connectivity index (χ0n) is 10.0. The summed E-state index contributed by atoms with van der Waals surface area (Å²) in [5.41, 5.74) is -0.413. The molecule has 0 aliphatic carbocycles. The second-order valence-corrected chi connectivity index (χ2v) is 4.59. The van der Waals surface area contributed by atoms with E-state index in [0.717, 1.165) is 12.1 Å². The van der Waals surface area contributed by atoms with Gasteiger partial charge in [0, 0.05) is 12.1 Å². The average molecular weight is 307 g/mol. The molecule has 0 saturated heterocycles. The molecule has 0 aromatic heterocycles. The lowest BCUT2D eigenvalue weighted by Crippen LogP contribution is -2.37. The predicted octanol–water partition coefficient (Wildman–Crippen LogP) is 2.40. The van der Waals surface area contributed by atoms with E-state index in [1.165, 1.54) is 0 Å². The van der Waals surface area contributed by atoms with Crippen LogP contribution in [0.1, 0.15) is 23.7 Å². The summed E-state index contributed by atoms with van der Waals surface area (Å²) in [6, 6.07) is 1.68. The highest BCUT2D eigenvalue weighted by Gasteiger charge is 2.20. The Bertz CT molecular complexity index is 504. The first-order valence-electron chi connectivity index (χ1n) is 5.45. The second kappa shape index (κ2) is 6.70. The molecule has 19 heavy (non-hydrogen) atoms. The topological polar surface area (TPSA) is 92.5 Å². The molecule has 0 radical (unpaired) electrons. The number of aliphatic hydroxyl groups excluding tert-OH is 1. The van der Waals surface area contributed by atoms with Crippen molar-refractivity contribution in [2.24, 2.45) is 0 Å². The molecule has 0 aliphatic rings. The Morgan fingerprint density at radius 3 is 2.63 bits per heavy atom. The fraction of sp³-hybridized carbons (Fsp3) is 0.364. The Balaban J connectivity index is 3.11. The maximum atomic E-state index is 11.9. The van der Waals surface area contributed by atoms with Gasteiger partial charge in [0.15, 0.2) is 0 Å². The van der Waals surface area contributed by atoms with Gasteiger partial charge in [0.2, 0.25) is 0 Å². The van der Waals surface area contributed by atoms with E-state index in [-0.39, 0.29) is 27.9 Å². The third-order valence-corrected chi connectivity index (χ3v) is 3.32. The maximum Gasteiger partial charge on any atom is 0.271 e. The van der Waals surface area contributed by atoms with Crippen molar-refractivity contribution in [1.29, 1.82) is 0 Å². The number of nitro groups is 1. The lowest BCUT2D eigenvalue weighted by molar-refractivity contribution is -0.384. The molecule has 104 valence electrons. The van der Waals surface area contributed by atoms with Gasteiger partial charge in [0.05, 0.1) is 33.2 Å². The average Bonchev–Trinajstić information content (AvgIpc) is 2.38. The van der Waals surface area contributed by atoms with Gasteiger partial charge in [-0.15, -0.1) is 0 Å². The molecule has 0 fully saturated rings. The van der Waals surface area contributed by atoms with Crippen LogP contribution in [0.3, 0.4) is 0 Å². The molecular formula is C11H12Cl2N2O4. The van der Waals surface area contributed by atoms with Crippen molar-refractivity contribution in [2.75, 3.05) is 6.61 Å². The Labute approximate surface area is 119 Å². The first kappa shape index (κ1) is 15.7. The molecule has 0 saturated carbocycles. The number of hydrogen-bond acceptors (Lipinski definition) is 4. The number of rotatable bonds is 5. The van der Waals surface area contributed by atoms with Crippen LogP contribution >= 0.6 is 23.2 Å². The van der Waals surface area contributed by atoms with Gasteiger partial charge in [-0.3, -0.25) is 14.9 Å². The van der Waals surface area contributed by atoms with Gasteiger partial charge in [-0.2, -0.15) is 0 Å². The SMILES string of the molecule is CC[C@@H](CO)NC(=O)c1cc([N+](=O)[O-])cc(Cl)c1Cl. The van der Waals surface area contributed by atoms with E-state index in [1.807, 2.05) is 0 Å². The molecule has 2 N–H and O–H groups in total. The zero-order valence-corrected chi connectivity index (χ0v) is 11.5. The normalized spacial score (nSPS) is 12.0. The number of hydrogen-bond donors (Lipinski definition) is 2. The number of carbonyl (C=O) groups is 1. The molecular weight excluding hydrogens is 295 g/mol. The molecule has 1 atom stereocenters. The summed E-state index contributed by atoms with van der Waals surface area (Å²) < 4.78 is 0. The van der Waals surface area contributed by atoms with Crippen LogP contribution in [-0.4, -0.2) is 28.6 Å². The van der Waals surface area contributed by atoms with Crippen molar-refractivity contribution in [3.8, 4) is 0 Å². The molecule has 1 rings (SSSR count). The molecule has 1 aromatic rings. The Hall–Kier alpha value is -1.37. The maximum absolute atomic E-state index is 11.9. The largest absolute Gasteiger partial charge is 0.394 e. The third-order valence-electron chi connectivity index (χ3n) is 2.52. The Morgan fingerprint density at radius 2 is 2.16 bits per heavy atom. The molecule has 8 heteroatoms. The van der Waals surface area contributed by atoms with Gasteiger partial charge in [-0.1, -0.05) is 30.1 Å². The number of nitrogens with one attached hydrogen (secondary N) is 1. The van der Waals surface area contributed by atoms with Crippen LogP contribution in [0.5, 0.6) is 0 Å². The van der Waals surface area contributed by atoms with E-state index in [4.69, 9.17) is 28.3 Å². The summed E-state index contributed by atoms with van der Waals surface area (Å²) in [7, 11) is 0. The lowest BCUT2D eigenvalue weighted by Gasteiger charge is -2.14. The van der Waals surface area contributed by atoms with Crippen molar-refractivity contribution in [2.45, 2.75) is 19.4 Å². The van der Waals surface area contributed by atoms with Gasteiger partial charge in [0.1, 0.15) is 0 Å². The number of benzene rings is 1. The van der Waals surface area contributed by atoms with E-state index in [2.05, 4.69) is 5.32 Å². The Morgan fingerprint density at radius 1 is 1.53 bits per heavy atom. The fourth-order valence-electron chi connectivity index (χ4n) is 1.39. The van der Waals surface area contributed by atoms with Gasteiger partial charge < -0.3 is 10.4 Å². The predicted molar refractivity (Wildman–Crippen MR) is 71.7 cm³/mol. The number of amides is 1. The van der Waals surface area contributed by atoms with Crippen LogP contribution in [0.4, 0.5) is 5.69 Å². The van der Waals surface area contributed by atoms with Crippen LogP contribution in [0.2, 0.25) is 10.0 Å². The minimum atomic E-state index is -0.664. The number of nitrogens with zero attached hydrogens (tertiary/aromatic N) is 1. The van der Waals surface area contributed by atoms with E-state index in [1.54, 1.807) is 6.92 Å². The number of aliphatic hydroxyl groups is 1. The molecule has 1 aromatic carbocycles. The quantitative estimate of drug-likeness (QED) is 0.645. The van der Waals surface area contributed by atoms with Crippen molar-refractivity contribution >= 4 is 34.8 Å². The van der Waals surface area contributed by atoms with Crippen molar-refractivity contribution < 1.29 is 14.8 Å². The molecule has 0 unspecified atom stereocenters. The van der Waals surface area contributed by atoms with Gasteiger partial charge in [-0.25, -0.2) is 0 Å². The van der Waals surface area contributed by atoms with Crippen LogP contribution in [0.25, 0.3) is 0 Å². The molecule has 1 amide bonds. The molecule has 0 heterocycles. The summed E-state index contributed by atoms with van der Waals surface area (Å²) in [5, 5.41) is 22.1. The van der Waals surface area contributed by atoms with Gasteiger partial charge >= 0.3 is 0 Å². The highest BCUT2D eigenvalue weighted by molar-refractivity contribution is 6.44. The highest BCUT2D eigenvalue weighted by atomic mass is 35.5. The van der Waals surface area contributed by atoms with Crippen molar-refractivity contribution in [3.05, 3.63) is 37.9 Å². The summed E-state index contributed by atoms with van der Waals surface area (Å²) >= 11 is 11.6. The number of halogens is 2. The van der Waals surface area contributed by atoms with E-state index >= 15 is 0 Å². The van der Waals surface area contributed by atoms with Crippen LogP contribution in [-0.2, 0) is 0 Å². The fourth-order valence-corrected chi connectivity index (χ4v) is 1.79. The van der Waals surface area contributed by atoms with E-state index in [0.29, 0.717) is 6.42 Å². The molecule has 0 spiro atoms. The summed E-state index contributed by atoms with van der Waals surface area (Å²) in [6.07, 6.45) is 0.516. The highest BCUT2D eigenvalue weighted by Crippen LogP contribution is 2.30. The number of non-ortho nitro benzene ring substituents is 1. The summed E-state index contributed by atoms with van der Waals surface area (Å²) in [6.45, 7) is 1.55. The van der Waals surface area contributed by atoms with Gasteiger partial charge in [-0.05, 0) is 6.42 Å². The molecule has 0 bridgehead atoms. The smallest absolute Gasteiger partial charge is 0.271 e. The minimum absolute atomic E-state index is 0.0578. The van der Waals surface area contributed by atoms with Crippen molar-refractivity contribution in [3.63, 3.8) is 0 Å². The summed E-state index contributed by atoms with van der Waals surface area (Å²) in [4.78, 5) is 22.0. The minimum Gasteiger partial charge on any atom is -0.394 e. The van der Waals surface area contributed by atoms with E-state index in [9.17, 15) is 14.9 Å². The van der Waals surface area contributed by atoms with Crippen LogP contribution in [0.15, 0.2) is 12.1 Å². The number of carbonyl (C=O) groups excluding carboxylic acids is 1. The second-order valence-electron chi connectivity index (χ2n) is 3.81.